The van der Waals surface area contributed by atoms with E-state index in [-0.39, 0.29) is 28.3 Å². The molecule has 4 heteroatoms. The topological polar surface area (TPSA) is 63.6 Å². The van der Waals surface area contributed by atoms with Gasteiger partial charge < -0.3 is 9.84 Å². The van der Waals surface area contributed by atoms with E-state index in [1.807, 2.05) is 6.08 Å². The Morgan fingerprint density at radius 3 is 2.53 bits per heavy atom. The Morgan fingerprint density at radius 2 is 1.89 bits per heavy atom. The van der Waals surface area contributed by atoms with Crippen LogP contribution in [0.25, 0.3) is 0 Å². The summed E-state index contributed by atoms with van der Waals surface area (Å²) in [5, 5.41) is 9.17. The summed E-state index contributed by atoms with van der Waals surface area (Å²) in [6.45, 7) is 20.0. The summed E-state index contributed by atoms with van der Waals surface area (Å²) in [7, 11) is 0. The van der Waals surface area contributed by atoms with Gasteiger partial charge in [0.2, 0.25) is 0 Å². The molecule has 0 amide bonds. The highest BCUT2D eigenvalue weighted by atomic mass is 16.5. The van der Waals surface area contributed by atoms with Crippen LogP contribution in [-0.4, -0.2) is 23.1 Å². The van der Waals surface area contributed by atoms with Crippen LogP contribution in [0.15, 0.2) is 35.5 Å². The Hall–Kier alpha value is -1.84. The third-order valence-corrected chi connectivity index (χ3v) is 11.3. The van der Waals surface area contributed by atoms with Gasteiger partial charge in [0, 0.05) is 17.9 Å². The molecule has 200 valence electrons. The first kappa shape index (κ1) is 27.2. The van der Waals surface area contributed by atoms with Crippen molar-refractivity contribution in [1.82, 2.24) is 0 Å². The number of allylic oxidation sites excluding steroid dienone is 4. The van der Waals surface area contributed by atoms with E-state index in [9.17, 15) is 14.7 Å². The maximum atomic E-state index is 11.8. The lowest BCUT2D eigenvalue weighted by molar-refractivity contribution is -0.172. The van der Waals surface area contributed by atoms with Gasteiger partial charge in [0.15, 0.2) is 0 Å². The molecular formula is C32H48O4. The number of esters is 1. The average molecular weight is 497 g/mol. The van der Waals surface area contributed by atoms with Gasteiger partial charge in [-0.2, -0.15) is 0 Å². The number of carboxylic acid groups (broad SMARTS) is 1. The minimum absolute atomic E-state index is 0.00586. The van der Waals surface area contributed by atoms with Gasteiger partial charge in [0.1, 0.15) is 6.10 Å². The van der Waals surface area contributed by atoms with Crippen LogP contribution in [0.4, 0.5) is 0 Å². The molecule has 0 radical (unpaired) electrons. The smallest absolute Gasteiger partial charge is 0.330 e. The van der Waals surface area contributed by atoms with Crippen molar-refractivity contribution in [2.45, 2.75) is 106 Å². The fourth-order valence-electron chi connectivity index (χ4n) is 9.39. The minimum atomic E-state index is -0.816. The molecule has 8 atom stereocenters. The highest BCUT2D eigenvalue weighted by molar-refractivity contribution is 5.85. The lowest BCUT2D eigenvalue weighted by Gasteiger charge is -2.63. The molecule has 1 N–H and O–H groups in total. The van der Waals surface area contributed by atoms with Crippen LogP contribution in [0.5, 0.6) is 0 Å². The van der Waals surface area contributed by atoms with Crippen molar-refractivity contribution in [3.63, 3.8) is 0 Å². The molecule has 3 saturated carbocycles. The molecule has 0 saturated heterocycles. The summed E-state index contributed by atoms with van der Waals surface area (Å²) < 4.78 is 5.83. The standard InChI is InChI=1S/C32H48O4/c1-19(10-9-11-20(2)29(34)35)23-14-16-32(8)24-12-13-26-30(5,6)27(36-22(4)33)15-17-31(26,7)25(24)18-21(3)28(23)32/h11-12,19,23,25-28H,3,9-10,13-18H2,1-2,4-8H3,(H,34,35)/b20-11-/t19-,23-,25-,26+,27-,28+,31-,32+/m1/s1. The van der Waals surface area contributed by atoms with Crippen molar-refractivity contribution in [2.75, 3.05) is 0 Å². The number of hydrogen-bond donors (Lipinski definition) is 1. The van der Waals surface area contributed by atoms with Crippen LogP contribution >= 0.6 is 0 Å². The number of rotatable bonds is 6. The van der Waals surface area contributed by atoms with Crippen molar-refractivity contribution in [2.24, 2.45) is 45.8 Å². The van der Waals surface area contributed by atoms with E-state index < -0.39 is 5.97 Å². The number of fused-ring (bicyclic) bond motifs is 5. The number of hydrogen-bond acceptors (Lipinski definition) is 3. The van der Waals surface area contributed by atoms with Gasteiger partial charge in [-0.25, -0.2) is 4.79 Å². The number of carboxylic acids is 1. The van der Waals surface area contributed by atoms with Crippen molar-refractivity contribution < 1.29 is 19.4 Å². The van der Waals surface area contributed by atoms with Crippen LogP contribution < -0.4 is 0 Å². The third-order valence-electron chi connectivity index (χ3n) is 11.3. The number of ether oxygens (including phenoxy) is 1. The highest BCUT2D eigenvalue weighted by Gasteiger charge is 2.62. The average Bonchev–Trinajstić information content (AvgIpc) is 3.15. The van der Waals surface area contributed by atoms with Crippen LogP contribution in [0.3, 0.4) is 0 Å². The summed E-state index contributed by atoms with van der Waals surface area (Å²) >= 11 is 0. The lowest BCUT2D eigenvalue weighted by Crippen LogP contribution is -2.57. The molecular weight excluding hydrogens is 448 g/mol. The van der Waals surface area contributed by atoms with Crippen LogP contribution in [-0.2, 0) is 14.3 Å². The first-order valence-electron chi connectivity index (χ1n) is 14.2. The Kier molecular flexibility index (Phi) is 7.16. The van der Waals surface area contributed by atoms with E-state index in [0.717, 1.165) is 38.5 Å². The summed E-state index contributed by atoms with van der Waals surface area (Å²) in [6, 6.07) is 0. The second-order valence-electron chi connectivity index (χ2n) is 13.7. The number of aliphatic carboxylic acids is 1. The predicted octanol–water partition coefficient (Wildman–Crippen LogP) is 7.75. The van der Waals surface area contributed by atoms with Crippen LogP contribution in [0.1, 0.15) is 99.8 Å². The van der Waals surface area contributed by atoms with Crippen molar-refractivity contribution in [3.05, 3.63) is 35.5 Å². The molecule has 0 unspecified atom stereocenters. The summed E-state index contributed by atoms with van der Waals surface area (Å²) in [5.74, 6) is 1.72. The van der Waals surface area contributed by atoms with Gasteiger partial charge in [-0.15, -0.1) is 0 Å². The minimum Gasteiger partial charge on any atom is -0.478 e. The first-order chi connectivity index (χ1) is 16.7. The van der Waals surface area contributed by atoms with Crippen molar-refractivity contribution in [1.29, 1.82) is 0 Å². The largest absolute Gasteiger partial charge is 0.478 e. The Balaban J connectivity index is 1.58. The predicted molar refractivity (Wildman–Crippen MR) is 144 cm³/mol. The Labute approximate surface area is 218 Å². The van der Waals surface area contributed by atoms with Gasteiger partial charge in [0.05, 0.1) is 0 Å². The molecule has 0 aliphatic heterocycles. The molecule has 36 heavy (non-hydrogen) atoms. The molecule has 4 aliphatic rings. The summed E-state index contributed by atoms with van der Waals surface area (Å²) in [5.41, 5.74) is 3.91. The number of carbonyl (C=O) groups excluding carboxylic acids is 1. The van der Waals surface area contributed by atoms with E-state index in [1.54, 1.807) is 12.5 Å². The molecule has 3 fully saturated rings. The zero-order valence-corrected chi connectivity index (χ0v) is 23.7. The maximum absolute atomic E-state index is 11.8. The molecule has 4 aliphatic carbocycles. The molecule has 0 aromatic rings. The van der Waals surface area contributed by atoms with Crippen LogP contribution in [0.2, 0.25) is 0 Å². The molecule has 0 bridgehead atoms. The molecule has 0 spiro atoms. The van der Waals surface area contributed by atoms with E-state index in [2.05, 4.69) is 40.7 Å². The molecule has 4 rings (SSSR count). The molecule has 0 aromatic heterocycles. The van der Waals surface area contributed by atoms with Crippen molar-refractivity contribution in [3.8, 4) is 0 Å². The SMILES string of the molecule is C=C1C[C@@H]2C(=CC[C@H]3C(C)(C)[C@H](OC(C)=O)CC[C@]23C)[C@]2(C)CC[C@H]([C@H](C)CC/C=C(/C)C(=O)O)[C@H]12. The summed E-state index contributed by atoms with van der Waals surface area (Å²) in [4.78, 5) is 23.0. The zero-order chi connectivity index (χ0) is 26.6. The highest BCUT2D eigenvalue weighted by Crippen LogP contribution is 2.70. The zero-order valence-electron chi connectivity index (χ0n) is 23.7. The van der Waals surface area contributed by atoms with Gasteiger partial charge in [-0.05, 0) is 98.7 Å². The normalized spacial score (nSPS) is 40.4. The van der Waals surface area contributed by atoms with E-state index in [4.69, 9.17) is 11.3 Å². The lowest BCUT2D eigenvalue weighted by atomic mass is 9.42. The number of carbonyl (C=O) groups is 2. The quantitative estimate of drug-likeness (QED) is 0.232. The first-order valence-corrected chi connectivity index (χ1v) is 14.2. The van der Waals surface area contributed by atoms with E-state index in [0.29, 0.717) is 35.2 Å². The summed E-state index contributed by atoms with van der Waals surface area (Å²) in [6.07, 6.45) is 13.0. The maximum Gasteiger partial charge on any atom is 0.330 e. The van der Waals surface area contributed by atoms with E-state index in [1.165, 1.54) is 25.3 Å². The Bertz CT molecular complexity index is 986. The fourth-order valence-corrected chi connectivity index (χ4v) is 9.39. The molecule has 0 heterocycles. The van der Waals surface area contributed by atoms with Gasteiger partial charge >= 0.3 is 11.9 Å². The van der Waals surface area contributed by atoms with E-state index >= 15 is 0 Å². The Morgan fingerprint density at radius 1 is 1.19 bits per heavy atom. The monoisotopic (exact) mass is 496 g/mol. The fraction of sp³-hybridized carbons (Fsp3) is 0.750. The van der Waals surface area contributed by atoms with Crippen LogP contribution in [0, 0.1) is 45.8 Å². The molecule has 4 nitrogen and oxygen atoms in total. The second kappa shape index (κ2) is 9.48. The third kappa shape index (κ3) is 4.31. The second-order valence-corrected chi connectivity index (χ2v) is 13.7. The molecule has 0 aromatic carbocycles. The van der Waals surface area contributed by atoms with Gasteiger partial charge in [-0.3, -0.25) is 4.79 Å². The van der Waals surface area contributed by atoms with Crippen molar-refractivity contribution >= 4 is 11.9 Å². The van der Waals surface area contributed by atoms with Gasteiger partial charge in [-0.1, -0.05) is 64.5 Å². The van der Waals surface area contributed by atoms with Gasteiger partial charge in [0.25, 0.3) is 0 Å².